The number of anilines is 2. The van der Waals surface area contributed by atoms with Gasteiger partial charge >= 0.3 is 0 Å². The van der Waals surface area contributed by atoms with Gasteiger partial charge in [-0.3, -0.25) is 9.88 Å². The van der Waals surface area contributed by atoms with Gasteiger partial charge in [0.2, 0.25) is 5.95 Å². The Hall–Kier alpha value is -3.37. The summed E-state index contributed by atoms with van der Waals surface area (Å²) >= 11 is 0. The van der Waals surface area contributed by atoms with Crippen molar-refractivity contribution >= 4 is 11.6 Å². The second kappa shape index (κ2) is 8.11. The Kier molecular flexibility index (Phi) is 5.22. The third-order valence-corrected chi connectivity index (χ3v) is 4.85. The molecule has 3 aromatic rings. The Bertz CT molecular complexity index is 977. The fourth-order valence-electron chi connectivity index (χ4n) is 3.43. The summed E-state index contributed by atoms with van der Waals surface area (Å²) in [4.78, 5) is 20.1. The number of pyridine rings is 2. The zero-order valence-electron chi connectivity index (χ0n) is 15.7. The zero-order chi connectivity index (χ0) is 19.3. The summed E-state index contributed by atoms with van der Waals surface area (Å²) in [5.74, 6) is 0.532. The number of nitrogens with one attached hydrogen (secondary N) is 1. The molecule has 1 atom stereocenters. The molecule has 0 aromatic carbocycles. The van der Waals surface area contributed by atoms with Gasteiger partial charge in [0.15, 0.2) is 0 Å². The van der Waals surface area contributed by atoms with Crippen molar-refractivity contribution in [3.8, 4) is 6.07 Å². The number of aromatic nitrogens is 4. The second-order valence-corrected chi connectivity index (χ2v) is 6.93. The summed E-state index contributed by atoms with van der Waals surface area (Å²) < 4.78 is 0. The Labute approximate surface area is 164 Å². The number of nitriles is 1. The van der Waals surface area contributed by atoms with Crippen LogP contribution in [0.25, 0.3) is 0 Å². The van der Waals surface area contributed by atoms with Crippen LogP contribution in [0.2, 0.25) is 0 Å². The quantitative estimate of drug-likeness (QED) is 0.733. The SMILES string of the molecule is Cc1ccc(CN2CCC[C@H]2c2ccnc(Nc3ccc(C#N)nc3)n2)nc1. The number of likely N-dealkylation sites (tertiary alicyclic amines) is 1. The average molecular weight is 371 g/mol. The summed E-state index contributed by atoms with van der Waals surface area (Å²) in [6.45, 7) is 3.90. The molecule has 1 aliphatic heterocycles. The van der Waals surface area contributed by atoms with E-state index in [1.165, 1.54) is 5.56 Å². The van der Waals surface area contributed by atoms with Crippen LogP contribution < -0.4 is 5.32 Å². The smallest absolute Gasteiger partial charge is 0.227 e. The van der Waals surface area contributed by atoms with Crippen LogP contribution >= 0.6 is 0 Å². The maximum absolute atomic E-state index is 8.85. The van der Waals surface area contributed by atoms with Gasteiger partial charge in [-0.15, -0.1) is 0 Å². The zero-order valence-corrected chi connectivity index (χ0v) is 15.7. The molecular weight excluding hydrogens is 350 g/mol. The molecule has 3 aromatic heterocycles. The average Bonchev–Trinajstić information content (AvgIpc) is 3.19. The second-order valence-electron chi connectivity index (χ2n) is 6.93. The molecule has 0 bridgehead atoms. The van der Waals surface area contributed by atoms with Gasteiger partial charge in [-0.05, 0) is 56.1 Å². The topological polar surface area (TPSA) is 90.6 Å². The molecule has 28 heavy (non-hydrogen) atoms. The minimum absolute atomic E-state index is 0.255. The van der Waals surface area contributed by atoms with Crippen molar-refractivity contribution in [1.29, 1.82) is 5.26 Å². The summed E-state index contributed by atoms with van der Waals surface area (Å²) in [6, 6.07) is 11.9. The first-order chi connectivity index (χ1) is 13.7. The van der Waals surface area contributed by atoms with Crippen molar-refractivity contribution in [2.45, 2.75) is 32.4 Å². The van der Waals surface area contributed by atoms with Crippen LogP contribution in [0.5, 0.6) is 0 Å². The van der Waals surface area contributed by atoms with Gasteiger partial charge in [-0.2, -0.15) is 5.26 Å². The lowest BCUT2D eigenvalue weighted by atomic mass is 10.1. The summed E-state index contributed by atoms with van der Waals surface area (Å²) in [5.41, 5.74) is 4.39. The van der Waals surface area contributed by atoms with Gasteiger partial charge in [0.05, 0.1) is 29.3 Å². The lowest BCUT2D eigenvalue weighted by molar-refractivity contribution is 0.241. The van der Waals surface area contributed by atoms with Crippen molar-refractivity contribution in [3.63, 3.8) is 0 Å². The molecule has 140 valence electrons. The van der Waals surface area contributed by atoms with E-state index in [2.05, 4.69) is 37.3 Å². The van der Waals surface area contributed by atoms with Crippen LogP contribution in [0.3, 0.4) is 0 Å². The molecule has 0 spiro atoms. The van der Waals surface area contributed by atoms with Gasteiger partial charge in [0, 0.05) is 18.9 Å². The van der Waals surface area contributed by atoms with E-state index in [9.17, 15) is 0 Å². The third-order valence-electron chi connectivity index (χ3n) is 4.85. The molecule has 4 heterocycles. The van der Waals surface area contributed by atoms with Crippen LogP contribution in [0.15, 0.2) is 48.9 Å². The van der Waals surface area contributed by atoms with E-state index >= 15 is 0 Å². The molecule has 0 amide bonds. The van der Waals surface area contributed by atoms with Gasteiger partial charge < -0.3 is 5.32 Å². The first-order valence-electron chi connectivity index (χ1n) is 9.33. The minimum atomic E-state index is 0.255. The van der Waals surface area contributed by atoms with Crippen molar-refractivity contribution in [2.24, 2.45) is 0 Å². The van der Waals surface area contributed by atoms with E-state index in [1.54, 1.807) is 24.5 Å². The summed E-state index contributed by atoms with van der Waals surface area (Å²) in [7, 11) is 0. The monoisotopic (exact) mass is 371 g/mol. The fourth-order valence-corrected chi connectivity index (χ4v) is 3.43. The van der Waals surface area contributed by atoms with Gasteiger partial charge in [-0.25, -0.2) is 15.0 Å². The standard InChI is InChI=1S/C21H21N7/c1-15-4-5-18(24-12-15)14-28-10-2-3-20(28)19-8-9-23-21(27-19)26-17-7-6-16(11-22)25-13-17/h4-9,12-13,20H,2-3,10,14H2,1H3,(H,23,26,27)/t20-/m0/s1. The number of nitrogens with zero attached hydrogens (tertiary/aromatic N) is 6. The van der Waals surface area contributed by atoms with Crippen LogP contribution in [0.4, 0.5) is 11.6 Å². The maximum Gasteiger partial charge on any atom is 0.227 e. The predicted octanol–water partition coefficient (Wildman–Crippen LogP) is 3.53. The highest BCUT2D eigenvalue weighted by molar-refractivity contribution is 5.52. The van der Waals surface area contributed by atoms with E-state index < -0.39 is 0 Å². The first-order valence-corrected chi connectivity index (χ1v) is 9.33. The molecule has 1 N–H and O–H groups in total. The maximum atomic E-state index is 8.85. The van der Waals surface area contributed by atoms with E-state index in [-0.39, 0.29) is 6.04 Å². The van der Waals surface area contributed by atoms with E-state index in [0.717, 1.165) is 43.0 Å². The molecule has 1 fully saturated rings. The molecule has 1 aliphatic rings. The van der Waals surface area contributed by atoms with Crippen molar-refractivity contribution in [1.82, 2.24) is 24.8 Å². The Morgan fingerprint density at radius 2 is 2.07 bits per heavy atom. The van der Waals surface area contributed by atoms with Crippen LogP contribution in [-0.2, 0) is 6.54 Å². The summed E-state index contributed by atoms with van der Waals surface area (Å²) in [5, 5.41) is 12.0. The molecule has 0 unspecified atom stereocenters. The Morgan fingerprint density at radius 3 is 2.82 bits per heavy atom. The molecule has 0 saturated carbocycles. The molecule has 7 nitrogen and oxygen atoms in total. The van der Waals surface area contributed by atoms with Crippen molar-refractivity contribution < 1.29 is 0 Å². The highest BCUT2D eigenvalue weighted by Crippen LogP contribution is 2.32. The Morgan fingerprint density at radius 1 is 1.14 bits per heavy atom. The van der Waals surface area contributed by atoms with Crippen LogP contribution in [0.1, 0.15) is 41.5 Å². The molecule has 0 aliphatic carbocycles. The van der Waals surface area contributed by atoms with E-state index in [0.29, 0.717) is 11.6 Å². The van der Waals surface area contributed by atoms with Gasteiger partial charge in [0.25, 0.3) is 0 Å². The number of rotatable bonds is 5. The van der Waals surface area contributed by atoms with Crippen LogP contribution in [0, 0.1) is 18.3 Å². The van der Waals surface area contributed by atoms with Crippen molar-refractivity contribution in [2.75, 3.05) is 11.9 Å². The first kappa shape index (κ1) is 18.0. The summed E-state index contributed by atoms with van der Waals surface area (Å²) in [6.07, 6.45) is 7.52. The molecule has 7 heteroatoms. The molecule has 1 saturated heterocycles. The van der Waals surface area contributed by atoms with Crippen LogP contribution in [-0.4, -0.2) is 31.4 Å². The number of hydrogen-bond acceptors (Lipinski definition) is 7. The third kappa shape index (κ3) is 4.13. The van der Waals surface area contributed by atoms with Gasteiger partial charge in [-0.1, -0.05) is 6.07 Å². The highest BCUT2D eigenvalue weighted by atomic mass is 15.2. The fraction of sp³-hybridized carbons (Fsp3) is 0.286. The number of aryl methyl sites for hydroxylation is 1. The minimum Gasteiger partial charge on any atom is -0.323 e. The largest absolute Gasteiger partial charge is 0.323 e. The molecular formula is C21H21N7. The lowest BCUT2D eigenvalue weighted by Crippen LogP contribution is -2.24. The number of hydrogen-bond donors (Lipinski definition) is 1. The lowest BCUT2D eigenvalue weighted by Gasteiger charge is -2.24. The predicted molar refractivity (Wildman–Crippen MR) is 106 cm³/mol. The molecule has 4 rings (SSSR count). The normalized spacial score (nSPS) is 16.6. The van der Waals surface area contributed by atoms with E-state index in [1.807, 2.05) is 25.3 Å². The highest BCUT2D eigenvalue weighted by Gasteiger charge is 2.27. The molecule has 0 radical (unpaired) electrons. The van der Waals surface area contributed by atoms with E-state index in [4.69, 9.17) is 10.2 Å². The van der Waals surface area contributed by atoms with Crippen molar-refractivity contribution in [3.05, 3.63) is 71.6 Å². The van der Waals surface area contributed by atoms with Gasteiger partial charge in [0.1, 0.15) is 11.8 Å². The Balaban J connectivity index is 1.49.